The highest BCUT2D eigenvalue weighted by atomic mass is 31.2. The lowest BCUT2D eigenvalue weighted by Crippen LogP contribution is -2.11. The van der Waals surface area contributed by atoms with Crippen LogP contribution in [0.4, 0.5) is 5.69 Å². The molecule has 2 aromatic rings. The predicted molar refractivity (Wildman–Crippen MR) is 79.9 cm³/mol. The summed E-state index contributed by atoms with van der Waals surface area (Å²) in [5, 5.41) is 11.1. The Hall–Kier alpha value is -2.33. The molecule has 0 aromatic heterocycles. The van der Waals surface area contributed by atoms with Crippen molar-refractivity contribution in [3.63, 3.8) is 0 Å². The molecule has 0 saturated carbocycles. The second-order valence-electron chi connectivity index (χ2n) is 4.36. The first-order chi connectivity index (χ1) is 9.94. The maximum absolute atomic E-state index is 12.7. The molecule has 0 heterocycles. The molecule has 0 spiro atoms. The standard InChI is InChI=1S/C14H14NO5P/c1-19-13-5-3-4-6-14(13)21(2,18)20-12-9-7-11(8-10-12)15(16)17/h3-10H,1-2H3. The van der Waals surface area contributed by atoms with Gasteiger partial charge in [-0.1, -0.05) is 12.1 Å². The fourth-order valence-corrected chi connectivity index (χ4v) is 3.39. The summed E-state index contributed by atoms with van der Waals surface area (Å²) in [5.41, 5.74) is -0.0504. The van der Waals surface area contributed by atoms with Gasteiger partial charge in [0.05, 0.1) is 17.3 Å². The third kappa shape index (κ3) is 3.41. The first-order valence-corrected chi connectivity index (χ1v) is 8.16. The van der Waals surface area contributed by atoms with E-state index in [0.717, 1.165) is 0 Å². The molecule has 0 radical (unpaired) electrons. The molecule has 1 unspecified atom stereocenters. The SMILES string of the molecule is COc1ccccc1P(C)(=O)Oc1ccc([N+](=O)[O-])cc1. The monoisotopic (exact) mass is 307 g/mol. The maximum atomic E-state index is 12.7. The average Bonchev–Trinajstić information content (AvgIpc) is 2.47. The minimum atomic E-state index is -3.15. The highest BCUT2D eigenvalue weighted by Crippen LogP contribution is 2.44. The number of ether oxygens (including phenoxy) is 1. The lowest BCUT2D eigenvalue weighted by molar-refractivity contribution is -0.384. The number of rotatable bonds is 5. The van der Waals surface area contributed by atoms with Crippen LogP contribution in [0.25, 0.3) is 0 Å². The van der Waals surface area contributed by atoms with Gasteiger partial charge in [0.15, 0.2) is 0 Å². The highest BCUT2D eigenvalue weighted by molar-refractivity contribution is 7.66. The number of nitro groups is 1. The molecule has 7 heteroatoms. The van der Waals surface area contributed by atoms with E-state index in [1.807, 2.05) is 0 Å². The van der Waals surface area contributed by atoms with E-state index < -0.39 is 12.3 Å². The van der Waals surface area contributed by atoms with Gasteiger partial charge in [-0.05, 0) is 24.3 Å². The molecule has 0 N–H and O–H groups in total. The van der Waals surface area contributed by atoms with E-state index in [0.29, 0.717) is 16.8 Å². The minimum absolute atomic E-state index is 0.0504. The molecule has 0 bridgehead atoms. The summed E-state index contributed by atoms with van der Waals surface area (Å²) in [6, 6.07) is 12.3. The molecule has 0 aliphatic rings. The Bertz CT molecular complexity index is 699. The van der Waals surface area contributed by atoms with Crippen molar-refractivity contribution < 1.29 is 18.7 Å². The summed E-state index contributed by atoms with van der Waals surface area (Å²) in [5.74, 6) is 0.780. The quantitative estimate of drug-likeness (QED) is 0.481. The second kappa shape index (κ2) is 5.97. The van der Waals surface area contributed by atoms with Gasteiger partial charge in [0.1, 0.15) is 11.5 Å². The van der Waals surface area contributed by atoms with Gasteiger partial charge < -0.3 is 9.26 Å². The van der Waals surface area contributed by atoms with Crippen molar-refractivity contribution in [2.45, 2.75) is 0 Å². The van der Waals surface area contributed by atoms with Gasteiger partial charge in [0.2, 0.25) is 0 Å². The summed E-state index contributed by atoms with van der Waals surface area (Å²) in [4.78, 5) is 10.1. The van der Waals surface area contributed by atoms with Crippen LogP contribution in [0.15, 0.2) is 48.5 Å². The molecule has 0 aliphatic carbocycles. The molecular weight excluding hydrogens is 293 g/mol. The summed E-state index contributed by atoms with van der Waals surface area (Å²) < 4.78 is 23.4. The normalized spacial score (nSPS) is 13.2. The van der Waals surface area contributed by atoms with Crippen LogP contribution in [-0.2, 0) is 4.57 Å². The van der Waals surface area contributed by atoms with Crippen LogP contribution in [0, 0.1) is 10.1 Å². The maximum Gasteiger partial charge on any atom is 0.277 e. The average molecular weight is 307 g/mol. The van der Waals surface area contributed by atoms with Crippen LogP contribution in [0.5, 0.6) is 11.5 Å². The van der Waals surface area contributed by atoms with Gasteiger partial charge in [-0.2, -0.15) is 0 Å². The molecule has 2 rings (SSSR count). The fraction of sp³-hybridized carbons (Fsp3) is 0.143. The second-order valence-corrected chi connectivity index (χ2v) is 6.72. The van der Waals surface area contributed by atoms with E-state index >= 15 is 0 Å². The Kier molecular flexibility index (Phi) is 4.29. The zero-order valence-electron chi connectivity index (χ0n) is 11.6. The molecule has 2 aromatic carbocycles. The summed E-state index contributed by atoms with van der Waals surface area (Å²) >= 11 is 0. The van der Waals surface area contributed by atoms with Gasteiger partial charge in [0.25, 0.3) is 13.1 Å². The number of hydrogen-bond acceptors (Lipinski definition) is 5. The Morgan fingerprint density at radius 1 is 1.10 bits per heavy atom. The van der Waals surface area contributed by atoms with Gasteiger partial charge in [-0.25, -0.2) is 0 Å². The fourth-order valence-electron chi connectivity index (χ4n) is 1.84. The van der Waals surface area contributed by atoms with Gasteiger partial charge in [0, 0.05) is 18.8 Å². The minimum Gasteiger partial charge on any atom is -0.496 e. The van der Waals surface area contributed by atoms with E-state index in [-0.39, 0.29) is 5.69 Å². The number of para-hydroxylation sites is 1. The van der Waals surface area contributed by atoms with Crippen molar-refractivity contribution >= 4 is 18.4 Å². The lowest BCUT2D eigenvalue weighted by atomic mass is 10.3. The molecule has 6 nitrogen and oxygen atoms in total. The Morgan fingerprint density at radius 2 is 1.71 bits per heavy atom. The van der Waals surface area contributed by atoms with E-state index in [1.165, 1.54) is 38.0 Å². The molecule has 0 saturated heterocycles. The molecule has 0 amide bonds. The van der Waals surface area contributed by atoms with Crippen molar-refractivity contribution in [3.05, 3.63) is 58.6 Å². The highest BCUT2D eigenvalue weighted by Gasteiger charge is 2.25. The van der Waals surface area contributed by atoms with E-state index in [9.17, 15) is 14.7 Å². The molecule has 21 heavy (non-hydrogen) atoms. The van der Waals surface area contributed by atoms with Crippen molar-refractivity contribution in [1.82, 2.24) is 0 Å². The number of nitro benzene ring substituents is 1. The third-order valence-electron chi connectivity index (χ3n) is 2.85. The molecule has 1 atom stereocenters. The number of non-ortho nitro benzene ring substituents is 1. The Labute approximate surface area is 121 Å². The largest absolute Gasteiger partial charge is 0.496 e. The van der Waals surface area contributed by atoms with Gasteiger partial charge in [-0.3, -0.25) is 14.7 Å². The van der Waals surface area contributed by atoms with Crippen LogP contribution < -0.4 is 14.6 Å². The van der Waals surface area contributed by atoms with Crippen molar-refractivity contribution in [2.75, 3.05) is 13.8 Å². The zero-order chi connectivity index (χ0) is 15.5. The first-order valence-electron chi connectivity index (χ1n) is 6.09. The van der Waals surface area contributed by atoms with Crippen LogP contribution in [-0.4, -0.2) is 18.7 Å². The summed E-state index contributed by atoms with van der Waals surface area (Å²) in [7, 11) is -1.66. The van der Waals surface area contributed by atoms with Crippen molar-refractivity contribution in [2.24, 2.45) is 0 Å². The zero-order valence-corrected chi connectivity index (χ0v) is 12.4. The van der Waals surface area contributed by atoms with Crippen LogP contribution in [0.2, 0.25) is 0 Å². The topological polar surface area (TPSA) is 78.7 Å². The van der Waals surface area contributed by atoms with E-state index in [1.54, 1.807) is 24.3 Å². The van der Waals surface area contributed by atoms with Gasteiger partial charge in [-0.15, -0.1) is 0 Å². The van der Waals surface area contributed by atoms with Crippen LogP contribution in [0.3, 0.4) is 0 Å². The number of hydrogen-bond donors (Lipinski definition) is 0. The number of methoxy groups -OCH3 is 1. The smallest absolute Gasteiger partial charge is 0.277 e. The molecule has 0 aliphatic heterocycles. The third-order valence-corrected chi connectivity index (χ3v) is 4.65. The predicted octanol–water partition coefficient (Wildman–Crippen LogP) is 3.22. The summed E-state index contributed by atoms with van der Waals surface area (Å²) in [6.07, 6.45) is 0. The number of nitrogens with zero attached hydrogens (tertiary/aromatic N) is 1. The van der Waals surface area contributed by atoms with Crippen molar-refractivity contribution in [1.29, 1.82) is 0 Å². The van der Waals surface area contributed by atoms with E-state index in [4.69, 9.17) is 9.26 Å². The first kappa shape index (κ1) is 15.1. The van der Waals surface area contributed by atoms with Crippen LogP contribution >= 0.6 is 7.37 Å². The van der Waals surface area contributed by atoms with Gasteiger partial charge >= 0.3 is 0 Å². The molecule has 0 fully saturated rings. The lowest BCUT2D eigenvalue weighted by Gasteiger charge is -2.17. The number of benzene rings is 2. The Morgan fingerprint density at radius 3 is 2.29 bits per heavy atom. The van der Waals surface area contributed by atoms with Crippen molar-refractivity contribution in [3.8, 4) is 11.5 Å². The molecule has 110 valence electrons. The van der Waals surface area contributed by atoms with E-state index in [2.05, 4.69) is 0 Å². The Balaban J connectivity index is 2.28. The molecular formula is C14H14NO5P. The summed E-state index contributed by atoms with van der Waals surface area (Å²) in [6.45, 7) is 1.48. The van der Waals surface area contributed by atoms with Crippen LogP contribution in [0.1, 0.15) is 0 Å².